The number of unbranched alkanes of at least 4 members (excludes halogenated alkanes) is 16. The largest absolute Gasteiger partial charge is 0.463 e. The van der Waals surface area contributed by atoms with Crippen LogP contribution in [0.3, 0.4) is 0 Å². The zero-order chi connectivity index (χ0) is 40.3. The zero-order valence-corrected chi connectivity index (χ0v) is 35.9. The molecule has 0 N–H and O–H groups in total. The van der Waals surface area contributed by atoms with E-state index < -0.39 is 18.3 Å². The summed E-state index contributed by atoms with van der Waals surface area (Å²) < 4.78 is 23.4. The molecule has 0 amide bonds. The van der Waals surface area contributed by atoms with Crippen LogP contribution in [0.4, 0.5) is 0 Å². The summed E-state index contributed by atoms with van der Waals surface area (Å²) in [6.45, 7) is 6.20. The monoisotopic (exact) mass is 784 g/mol. The van der Waals surface area contributed by atoms with Crippen molar-refractivity contribution in [2.24, 2.45) is 5.92 Å². The molecule has 2 aliphatic rings. The molecule has 56 heavy (non-hydrogen) atoms. The lowest BCUT2D eigenvalue weighted by molar-refractivity contribution is -0.169. The molecule has 8 heteroatoms. The lowest BCUT2D eigenvalue weighted by Crippen LogP contribution is -2.41. The highest BCUT2D eigenvalue weighted by Crippen LogP contribution is 2.25. The van der Waals surface area contributed by atoms with E-state index in [0.29, 0.717) is 19.4 Å². The fourth-order valence-electron chi connectivity index (χ4n) is 7.28. The number of carbonyl (C=O) groups is 3. The van der Waals surface area contributed by atoms with Crippen molar-refractivity contribution in [3.05, 3.63) is 48.6 Å². The molecule has 4 atom stereocenters. The van der Waals surface area contributed by atoms with Crippen LogP contribution in [0.2, 0.25) is 0 Å². The average Bonchev–Trinajstić information content (AvgIpc) is 3.56. The molecule has 320 valence electrons. The van der Waals surface area contributed by atoms with Crippen molar-refractivity contribution < 1.29 is 33.3 Å². The summed E-state index contributed by atoms with van der Waals surface area (Å²) >= 11 is 0. The summed E-state index contributed by atoms with van der Waals surface area (Å²) in [6.07, 6.45) is 42.9. The number of nitrogens with zero attached hydrogens (tertiary/aromatic N) is 1. The third kappa shape index (κ3) is 25.5. The van der Waals surface area contributed by atoms with Crippen LogP contribution in [0.1, 0.15) is 181 Å². The Labute approximate surface area is 342 Å². The van der Waals surface area contributed by atoms with Gasteiger partial charge in [0, 0.05) is 19.4 Å². The van der Waals surface area contributed by atoms with Crippen LogP contribution in [-0.2, 0) is 33.3 Å². The Hall–Kier alpha value is -2.71. The van der Waals surface area contributed by atoms with Gasteiger partial charge in [-0.2, -0.15) is 0 Å². The maximum atomic E-state index is 13.0. The maximum Gasteiger partial charge on any atom is 0.310 e. The molecule has 2 fully saturated rings. The Morgan fingerprint density at radius 2 is 1.11 bits per heavy atom. The zero-order valence-electron chi connectivity index (χ0n) is 35.9. The summed E-state index contributed by atoms with van der Waals surface area (Å²) in [5.74, 6) is -1.06. The lowest BCUT2D eigenvalue weighted by Gasteiger charge is -2.29. The second kappa shape index (κ2) is 34.3. The molecule has 0 aromatic heterocycles. The second-order valence-corrected chi connectivity index (χ2v) is 16.0. The van der Waals surface area contributed by atoms with Crippen LogP contribution in [0, 0.1) is 5.92 Å². The lowest BCUT2D eigenvalue weighted by atomic mass is 9.99. The minimum atomic E-state index is -0.796. The average molecular weight is 784 g/mol. The fourth-order valence-corrected chi connectivity index (χ4v) is 7.28. The van der Waals surface area contributed by atoms with Gasteiger partial charge in [-0.15, -0.1) is 0 Å². The van der Waals surface area contributed by atoms with E-state index in [9.17, 15) is 14.4 Å². The van der Waals surface area contributed by atoms with E-state index in [1.54, 1.807) is 0 Å². The summed E-state index contributed by atoms with van der Waals surface area (Å²) in [4.78, 5) is 40.9. The van der Waals surface area contributed by atoms with Crippen molar-refractivity contribution in [1.82, 2.24) is 4.90 Å². The summed E-state index contributed by atoms with van der Waals surface area (Å²) in [6, 6.07) is 0. The Morgan fingerprint density at radius 1 is 0.625 bits per heavy atom. The van der Waals surface area contributed by atoms with Gasteiger partial charge in [0.25, 0.3) is 0 Å². The van der Waals surface area contributed by atoms with Gasteiger partial charge in [0.1, 0.15) is 12.7 Å². The highest BCUT2D eigenvalue weighted by Gasteiger charge is 2.43. The first-order chi connectivity index (χ1) is 27.4. The van der Waals surface area contributed by atoms with Gasteiger partial charge in [-0.25, -0.2) is 0 Å². The molecule has 8 nitrogen and oxygen atoms in total. The molecule has 2 rings (SSSR count). The van der Waals surface area contributed by atoms with E-state index in [-0.39, 0.29) is 37.0 Å². The Bertz CT molecular complexity index is 1130. The molecular weight excluding hydrogens is 703 g/mol. The molecule has 0 spiro atoms. The molecular formula is C48H81NO7. The number of esters is 3. The van der Waals surface area contributed by atoms with Crippen molar-refractivity contribution in [3.63, 3.8) is 0 Å². The first kappa shape index (κ1) is 49.4. The number of ether oxygens (including phenoxy) is 4. The molecule has 2 saturated heterocycles. The number of likely N-dealkylation sites (tertiary alicyclic amines) is 1. The van der Waals surface area contributed by atoms with Crippen molar-refractivity contribution in [1.29, 1.82) is 0 Å². The van der Waals surface area contributed by atoms with Gasteiger partial charge in [-0.05, 0) is 103 Å². The van der Waals surface area contributed by atoms with Crippen molar-refractivity contribution in [3.8, 4) is 0 Å². The molecule has 2 heterocycles. The SMILES string of the molecule is CCCCC/C=C\C/C=C\CCCCCCCC(=O)OC1CO[C@H](COC(=O)C2CCCN(C)C2)[C@@H]1OC(=O)CCCCCCC/C=C\C/C=C\CCCCC. The van der Waals surface area contributed by atoms with E-state index in [0.717, 1.165) is 109 Å². The minimum absolute atomic E-state index is 0.0281. The second-order valence-electron chi connectivity index (χ2n) is 16.0. The van der Waals surface area contributed by atoms with E-state index in [1.165, 1.54) is 51.4 Å². The van der Waals surface area contributed by atoms with Gasteiger partial charge in [-0.1, -0.05) is 127 Å². The smallest absolute Gasteiger partial charge is 0.310 e. The summed E-state index contributed by atoms with van der Waals surface area (Å²) in [5, 5.41) is 0. The van der Waals surface area contributed by atoms with Gasteiger partial charge in [0.15, 0.2) is 12.2 Å². The van der Waals surface area contributed by atoms with E-state index >= 15 is 0 Å². The predicted molar refractivity (Wildman–Crippen MR) is 229 cm³/mol. The van der Waals surface area contributed by atoms with Crippen LogP contribution in [-0.4, -0.2) is 74.5 Å². The van der Waals surface area contributed by atoms with Crippen LogP contribution >= 0.6 is 0 Å². The topological polar surface area (TPSA) is 91.4 Å². The number of hydrogen-bond acceptors (Lipinski definition) is 8. The molecule has 0 saturated carbocycles. The van der Waals surface area contributed by atoms with Crippen LogP contribution < -0.4 is 0 Å². The summed E-state index contributed by atoms with van der Waals surface area (Å²) in [5.41, 5.74) is 0. The quantitative estimate of drug-likeness (QED) is 0.0281. The Kier molecular flexibility index (Phi) is 30.3. The van der Waals surface area contributed by atoms with E-state index in [2.05, 4.69) is 67.4 Å². The van der Waals surface area contributed by atoms with Crippen LogP contribution in [0.5, 0.6) is 0 Å². The van der Waals surface area contributed by atoms with Crippen molar-refractivity contribution >= 4 is 17.9 Å². The first-order valence-corrected chi connectivity index (χ1v) is 22.9. The molecule has 0 radical (unpaired) electrons. The normalized spacial score (nSPS) is 20.6. The van der Waals surface area contributed by atoms with E-state index in [4.69, 9.17) is 18.9 Å². The van der Waals surface area contributed by atoms with Gasteiger partial charge < -0.3 is 23.8 Å². The molecule has 2 aliphatic heterocycles. The number of carbonyl (C=O) groups excluding carboxylic acids is 3. The number of piperidine rings is 1. The number of rotatable bonds is 33. The van der Waals surface area contributed by atoms with Gasteiger partial charge in [-0.3, -0.25) is 14.4 Å². The van der Waals surface area contributed by atoms with Gasteiger partial charge >= 0.3 is 17.9 Å². The maximum absolute atomic E-state index is 13.0. The third-order valence-corrected chi connectivity index (χ3v) is 10.8. The van der Waals surface area contributed by atoms with Crippen molar-refractivity contribution in [2.75, 3.05) is 33.4 Å². The first-order valence-electron chi connectivity index (χ1n) is 22.9. The van der Waals surface area contributed by atoms with Gasteiger partial charge in [0.05, 0.1) is 12.5 Å². The van der Waals surface area contributed by atoms with Gasteiger partial charge in [0.2, 0.25) is 0 Å². The Balaban J connectivity index is 1.69. The number of hydrogen-bond donors (Lipinski definition) is 0. The molecule has 0 aliphatic carbocycles. The molecule has 2 unspecified atom stereocenters. The van der Waals surface area contributed by atoms with E-state index in [1.807, 2.05) is 7.05 Å². The molecule has 0 bridgehead atoms. The third-order valence-electron chi connectivity index (χ3n) is 10.8. The molecule has 0 aromatic carbocycles. The minimum Gasteiger partial charge on any atom is -0.463 e. The summed E-state index contributed by atoms with van der Waals surface area (Å²) in [7, 11) is 2.01. The molecule has 0 aromatic rings. The highest BCUT2D eigenvalue weighted by molar-refractivity contribution is 5.73. The van der Waals surface area contributed by atoms with Crippen LogP contribution in [0.15, 0.2) is 48.6 Å². The standard InChI is InChI=1S/C48H81NO7/c1-4-6-8-10-12-14-16-18-20-22-24-26-28-30-32-36-45(50)55-44-41-53-43(40-54-48(52)42-35-34-38-49(3)39-42)47(44)56-46(51)37-33-31-29-27-25-23-21-19-17-15-13-11-9-7-5-2/h12-15,18-21,42-44,47H,4-11,16-17,22-41H2,1-3H3/b14-12-,15-13-,20-18-,21-19-/t42?,43-,44?,47+/m1/s1. The van der Waals surface area contributed by atoms with Crippen LogP contribution in [0.25, 0.3) is 0 Å². The highest BCUT2D eigenvalue weighted by atomic mass is 16.6. The predicted octanol–water partition coefficient (Wildman–Crippen LogP) is 11.7. The Morgan fingerprint density at radius 3 is 1.62 bits per heavy atom. The fraction of sp³-hybridized carbons (Fsp3) is 0.771. The number of allylic oxidation sites excluding steroid dienone is 8. The van der Waals surface area contributed by atoms with Crippen molar-refractivity contribution in [2.45, 2.75) is 199 Å².